The molecular weight excluding hydrogens is 296 g/mol. The number of hydrogen-bond donors (Lipinski definition) is 3. The van der Waals surface area contributed by atoms with Gasteiger partial charge in [-0.15, -0.1) is 0 Å². The van der Waals surface area contributed by atoms with E-state index in [4.69, 9.17) is 4.74 Å². The SMILES string of the molecule is O=C(CNC(=O)OCc1ccccc1)NC1CC[CH]CC1CO. The summed E-state index contributed by atoms with van der Waals surface area (Å²) in [7, 11) is 0. The number of carbonyl (C=O) groups is 2. The van der Waals surface area contributed by atoms with Gasteiger partial charge in [-0.05, 0) is 31.2 Å². The molecule has 1 fully saturated rings. The Balaban J connectivity index is 1.66. The van der Waals surface area contributed by atoms with E-state index in [-0.39, 0.29) is 37.6 Å². The second-order valence-corrected chi connectivity index (χ2v) is 5.63. The largest absolute Gasteiger partial charge is 0.445 e. The number of carbonyl (C=O) groups excluding carboxylic acids is 2. The third-order valence-corrected chi connectivity index (χ3v) is 3.91. The molecule has 0 spiro atoms. The number of benzene rings is 1. The molecule has 23 heavy (non-hydrogen) atoms. The van der Waals surface area contributed by atoms with Crippen LogP contribution in [0.2, 0.25) is 0 Å². The first-order chi connectivity index (χ1) is 11.2. The maximum atomic E-state index is 11.9. The van der Waals surface area contributed by atoms with E-state index in [1.165, 1.54) is 0 Å². The van der Waals surface area contributed by atoms with E-state index in [9.17, 15) is 14.7 Å². The predicted octanol–water partition coefficient (Wildman–Crippen LogP) is 1.39. The van der Waals surface area contributed by atoms with Crippen molar-refractivity contribution in [2.45, 2.75) is 31.9 Å². The van der Waals surface area contributed by atoms with Crippen molar-refractivity contribution < 1.29 is 19.4 Å². The molecule has 0 aliphatic heterocycles. The number of alkyl carbamates (subject to hydrolysis) is 1. The first-order valence-corrected chi connectivity index (χ1v) is 7.85. The van der Waals surface area contributed by atoms with Gasteiger partial charge in [0.05, 0.1) is 0 Å². The highest BCUT2D eigenvalue weighted by Gasteiger charge is 2.25. The third kappa shape index (κ3) is 5.90. The third-order valence-electron chi connectivity index (χ3n) is 3.91. The topological polar surface area (TPSA) is 87.7 Å². The van der Waals surface area contributed by atoms with Crippen LogP contribution in [0.25, 0.3) is 0 Å². The van der Waals surface area contributed by atoms with Crippen molar-refractivity contribution in [1.29, 1.82) is 0 Å². The van der Waals surface area contributed by atoms with Crippen molar-refractivity contribution in [2.24, 2.45) is 5.92 Å². The molecule has 0 saturated heterocycles. The zero-order chi connectivity index (χ0) is 16.5. The average Bonchev–Trinajstić information content (AvgIpc) is 2.59. The van der Waals surface area contributed by atoms with Gasteiger partial charge in [-0.25, -0.2) is 4.79 Å². The second kappa shape index (κ2) is 9.15. The lowest BCUT2D eigenvalue weighted by atomic mass is 9.85. The van der Waals surface area contributed by atoms with Gasteiger partial charge < -0.3 is 20.5 Å². The van der Waals surface area contributed by atoms with Crippen LogP contribution in [-0.2, 0) is 16.1 Å². The van der Waals surface area contributed by atoms with Crippen molar-refractivity contribution in [1.82, 2.24) is 10.6 Å². The van der Waals surface area contributed by atoms with Crippen LogP contribution in [0, 0.1) is 12.3 Å². The Morgan fingerprint density at radius 3 is 2.78 bits per heavy atom. The second-order valence-electron chi connectivity index (χ2n) is 5.63. The molecular formula is C17H23N2O4. The van der Waals surface area contributed by atoms with Gasteiger partial charge in [0, 0.05) is 18.6 Å². The molecule has 2 unspecified atom stereocenters. The lowest BCUT2D eigenvalue weighted by Crippen LogP contribution is -2.47. The van der Waals surface area contributed by atoms with Crippen LogP contribution in [0.4, 0.5) is 4.79 Å². The fraction of sp³-hybridized carbons (Fsp3) is 0.471. The van der Waals surface area contributed by atoms with Crippen molar-refractivity contribution in [3.8, 4) is 0 Å². The molecule has 0 bridgehead atoms. The normalized spacial score (nSPS) is 20.6. The molecule has 1 aliphatic carbocycles. The molecule has 0 aromatic heterocycles. The summed E-state index contributed by atoms with van der Waals surface area (Å²) < 4.78 is 5.04. The fourth-order valence-electron chi connectivity index (χ4n) is 2.61. The standard InChI is InChI=1S/C17H23N2O4/c20-11-14-8-4-5-9-15(14)19-16(21)10-18-17(22)23-12-13-6-2-1-3-7-13/h1-4,6-7,14-15,20H,5,8-12H2,(H,18,22)(H,19,21). The number of aliphatic hydroxyl groups excluding tert-OH is 1. The van der Waals surface area contributed by atoms with Crippen molar-refractivity contribution in [3.05, 3.63) is 42.3 Å². The Hall–Kier alpha value is -2.08. The Morgan fingerprint density at radius 2 is 2.04 bits per heavy atom. The molecule has 0 heterocycles. The zero-order valence-corrected chi connectivity index (χ0v) is 13.0. The van der Waals surface area contributed by atoms with Gasteiger partial charge in [-0.2, -0.15) is 0 Å². The van der Waals surface area contributed by atoms with Crippen LogP contribution < -0.4 is 10.6 Å². The summed E-state index contributed by atoms with van der Waals surface area (Å²) >= 11 is 0. The van der Waals surface area contributed by atoms with Crippen molar-refractivity contribution in [2.75, 3.05) is 13.2 Å². The fourth-order valence-corrected chi connectivity index (χ4v) is 2.61. The number of ether oxygens (including phenoxy) is 1. The summed E-state index contributed by atoms with van der Waals surface area (Å²) in [6.45, 7) is 0.0827. The Bertz CT molecular complexity index is 507. The Morgan fingerprint density at radius 1 is 1.26 bits per heavy atom. The molecule has 2 atom stereocenters. The van der Waals surface area contributed by atoms with Crippen LogP contribution in [0.1, 0.15) is 24.8 Å². The van der Waals surface area contributed by atoms with E-state index >= 15 is 0 Å². The lowest BCUT2D eigenvalue weighted by Gasteiger charge is -2.30. The summed E-state index contributed by atoms with van der Waals surface area (Å²) in [4.78, 5) is 23.5. The van der Waals surface area contributed by atoms with E-state index in [2.05, 4.69) is 17.1 Å². The number of hydrogen-bond acceptors (Lipinski definition) is 4. The van der Waals surface area contributed by atoms with E-state index < -0.39 is 6.09 Å². The molecule has 6 heteroatoms. The average molecular weight is 319 g/mol. The summed E-state index contributed by atoms with van der Waals surface area (Å²) in [5, 5.41) is 14.6. The zero-order valence-electron chi connectivity index (χ0n) is 13.0. The van der Waals surface area contributed by atoms with Crippen LogP contribution in [0.15, 0.2) is 30.3 Å². The van der Waals surface area contributed by atoms with E-state index in [1.807, 2.05) is 30.3 Å². The van der Waals surface area contributed by atoms with E-state index in [0.717, 1.165) is 24.8 Å². The monoisotopic (exact) mass is 319 g/mol. The van der Waals surface area contributed by atoms with Crippen molar-refractivity contribution >= 4 is 12.0 Å². The van der Waals surface area contributed by atoms with Crippen molar-refractivity contribution in [3.63, 3.8) is 0 Å². The minimum absolute atomic E-state index is 0.0420. The number of nitrogens with one attached hydrogen (secondary N) is 2. The van der Waals surface area contributed by atoms with Gasteiger partial charge >= 0.3 is 6.09 Å². The molecule has 3 N–H and O–H groups in total. The lowest BCUT2D eigenvalue weighted by molar-refractivity contribution is -0.121. The smallest absolute Gasteiger partial charge is 0.407 e. The predicted molar refractivity (Wildman–Crippen MR) is 85.3 cm³/mol. The van der Waals surface area contributed by atoms with E-state index in [1.54, 1.807) is 0 Å². The Labute approximate surface area is 136 Å². The van der Waals surface area contributed by atoms with Gasteiger partial charge in [0.2, 0.25) is 5.91 Å². The van der Waals surface area contributed by atoms with Crippen LogP contribution in [0.5, 0.6) is 0 Å². The first-order valence-electron chi connectivity index (χ1n) is 7.85. The Kier molecular flexibility index (Phi) is 6.87. The number of rotatable bonds is 6. The molecule has 2 rings (SSSR count). The molecule has 6 nitrogen and oxygen atoms in total. The van der Waals surface area contributed by atoms with Gasteiger partial charge in [-0.1, -0.05) is 30.3 Å². The summed E-state index contributed by atoms with van der Waals surface area (Å²) in [6.07, 6.45) is 4.04. The maximum absolute atomic E-state index is 11.9. The summed E-state index contributed by atoms with van der Waals surface area (Å²) in [5.74, 6) is -0.218. The van der Waals surface area contributed by atoms with Crippen LogP contribution in [-0.4, -0.2) is 36.3 Å². The van der Waals surface area contributed by atoms with Gasteiger partial charge in [0.15, 0.2) is 0 Å². The minimum Gasteiger partial charge on any atom is -0.445 e. The summed E-state index contributed by atoms with van der Waals surface area (Å²) in [6, 6.07) is 9.28. The molecule has 1 aromatic rings. The molecule has 1 aromatic carbocycles. The first kappa shape index (κ1) is 17.3. The summed E-state index contributed by atoms with van der Waals surface area (Å²) in [5.41, 5.74) is 0.886. The molecule has 125 valence electrons. The van der Waals surface area contributed by atoms with Crippen LogP contribution in [0.3, 0.4) is 0 Å². The van der Waals surface area contributed by atoms with Gasteiger partial charge in [0.25, 0.3) is 0 Å². The van der Waals surface area contributed by atoms with E-state index in [0.29, 0.717) is 0 Å². The quantitative estimate of drug-likeness (QED) is 0.739. The molecule has 1 aliphatic rings. The van der Waals surface area contributed by atoms with Crippen LogP contribution >= 0.6 is 0 Å². The maximum Gasteiger partial charge on any atom is 0.407 e. The minimum atomic E-state index is -0.625. The number of amides is 2. The molecule has 2 amide bonds. The molecule has 1 radical (unpaired) electrons. The highest BCUT2D eigenvalue weighted by Crippen LogP contribution is 2.22. The molecule has 1 saturated carbocycles. The number of aliphatic hydroxyl groups is 1. The van der Waals surface area contributed by atoms with Gasteiger partial charge in [-0.3, -0.25) is 4.79 Å². The highest BCUT2D eigenvalue weighted by atomic mass is 16.5. The highest BCUT2D eigenvalue weighted by molar-refractivity contribution is 5.82. The van der Waals surface area contributed by atoms with Gasteiger partial charge in [0.1, 0.15) is 13.2 Å².